The van der Waals surface area contributed by atoms with Crippen LogP contribution in [0.2, 0.25) is 0 Å². The van der Waals surface area contributed by atoms with Gasteiger partial charge in [0.1, 0.15) is 24.0 Å². The van der Waals surface area contributed by atoms with Crippen molar-refractivity contribution in [1.29, 1.82) is 0 Å². The maximum atomic E-state index is 13.0. The van der Waals surface area contributed by atoms with Gasteiger partial charge in [0.05, 0.1) is 0 Å². The summed E-state index contributed by atoms with van der Waals surface area (Å²) in [6.07, 6.45) is 5.96. The molecule has 1 saturated carbocycles. The Labute approximate surface area is 106 Å². The molecule has 0 radical (unpaired) electrons. The summed E-state index contributed by atoms with van der Waals surface area (Å²) >= 11 is 0. The lowest BCUT2D eigenvalue weighted by atomic mass is 9.84. The number of hydrogen-bond acceptors (Lipinski definition) is 2. The zero-order chi connectivity index (χ0) is 13.0. The fourth-order valence-electron chi connectivity index (χ4n) is 2.50. The molecule has 0 aromatic heterocycles. The summed E-state index contributed by atoms with van der Waals surface area (Å²) in [5.41, 5.74) is 6.06. The van der Waals surface area contributed by atoms with E-state index in [1.165, 1.54) is 31.4 Å². The van der Waals surface area contributed by atoms with Crippen LogP contribution in [0.15, 0.2) is 18.2 Å². The summed E-state index contributed by atoms with van der Waals surface area (Å²) in [4.78, 5) is 0. The van der Waals surface area contributed by atoms with E-state index in [-0.39, 0.29) is 11.8 Å². The molecule has 1 fully saturated rings. The van der Waals surface area contributed by atoms with Crippen molar-refractivity contribution in [3.05, 3.63) is 29.8 Å². The SMILES string of the molecule is NC(COc1cc(F)cc(F)c1)C1CCCCC1. The molecule has 1 aliphatic rings. The van der Waals surface area contributed by atoms with Crippen molar-refractivity contribution in [2.45, 2.75) is 38.1 Å². The molecular weight excluding hydrogens is 236 g/mol. The first-order valence-corrected chi connectivity index (χ1v) is 6.49. The van der Waals surface area contributed by atoms with Crippen molar-refractivity contribution in [1.82, 2.24) is 0 Å². The topological polar surface area (TPSA) is 35.2 Å². The minimum Gasteiger partial charge on any atom is -0.492 e. The van der Waals surface area contributed by atoms with Crippen molar-refractivity contribution < 1.29 is 13.5 Å². The molecule has 0 bridgehead atoms. The smallest absolute Gasteiger partial charge is 0.129 e. The molecule has 0 saturated heterocycles. The van der Waals surface area contributed by atoms with Crippen molar-refractivity contribution in [3.8, 4) is 5.75 Å². The van der Waals surface area contributed by atoms with E-state index >= 15 is 0 Å². The van der Waals surface area contributed by atoms with Crippen LogP contribution in [0.4, 0.5) is 8.78 Å². The zero-order valence-electron chi connectivity index (χ0n) is 10.4. The van der Waals surface area contributed by atoms with Gasteiger partial charge in [-0.15, -0.1) is 0 Å². The summed E-state index contributed by atoms with van der Waals surface area (Å²) in [6, 6.07) is 3.12. The monoisotopic (exact) mass is 255 g/mol. The van der Waals surface area contributed by atoms with E-state index in [4.69, 9.17) is 10.5 Å². The number of rotatable bonds is 4. The fraction of sp³-hybridized carbons (Fsp3) is 0.571. The largest absolute Gasteiger partial charge is 0.492 e. The van der Waals surface area contributed by atoms with Gasteiger partial charge in [0, 0.05) is 24.2 Å². The molecule has 0 heterocycles. The summed E-state index contributed by atoms with van der Waals surface area (Å²) in [7, 11) is 0. The quantitative estimate of drug-likeness (QED) is 0.896. The third-order valence-corrected chi connectivity index (χ3v) is 3.53. The van der Waals surface area contributed by atoms with Crippen LogP contribution in [0.1, 0.15) is 32.1 Å². The normalized spacial score (nSPS) is 18.6. The predicted molar refractivity (Wildman–Crippen MR) is 66.4 cm³/mol. The number of halogens is 2. The lowest BCUT2D eigenvalue weighted by Gasteiger charge is -2.27. The highest BCUT2D eigenvalue weighted by atomic mass is 19.1. The van der Waals surface area contributed by atoms with Crippen LogP contribution in [-0.2, 0) is 0 Å². The van der Waals surface area contributed by atoms with Crippen LogP contribution in [0.3, 0.4) is 0 Å². The molecule has 1 aliphatic carbocycles. The van der Waals surface area contributed by atoms with E-state index in [1.807, 2.05) is 0 Å². The summed E-state index contributed by atoms with van der Waals surface area (Å²) in [5.74, 6) is -0.580. The minimum absolute atomic E-state index is 0.0587. The number of hydrogen-bond donors (Lipinski definition) is 1. The number of nitrogens with two attached hydrogens (primary N) is 1. The van der Waals surface area contributed by atoms with E-state index in [0.717, 1.165) is 18.9 Å². The van der Waals surface area contributed by atoms with Crippen LogP contribution >= 0.6 is 0 Å². The molecule has 2 nitrogen and oxygen atoms in total. The second-order valence-electron chi connectivity index (χ2n) is 4.98. The summed E-state index contributed by atoms with van der Waals surface area (Å²) in [5, 5.41) is 0. The average molecular weight is 255 g/mol. The Morgan fingerprint density at radius 2 is 1.72 bits per heavy atom. The van der Waals surface area contributed by atoms with Gasteiger partial charge in [-0.2, -0.15) is 0 Å². The van der Waals surface area contributed by atoms with E-state index < -0.39 is 11.6 Å². The van der Waals surface area contributed by atoms with Crippen molar-refractivity contribution in [2.75, 3.05) is 6.61 Å². The van der Waals surface area contributed by atoms with Gasteiger partial charge in [-0.1, -0.05) is 19.3 Å². The van der Waals surface area contributed by atoms with Gasteiger partial charge in [0.15, 0.2) is 0 Å². The number of benzene rings is 1. The lowest BCUT2D eigenvalue weighted by Crippen LogP contribution is -2.37. The maximum absolute atomic E-state index is 13.0. The first kappa shape index (κ1) is 13.3. The van der Waals surface area contributed by atoms with Crippen LogP contribution in [0.25, 0.3) is 0 Å². The molecule has 18 heavy (non-hydrogen) atoms. The molecule has 0 amide bonds. The van der Waals surface area contributed by atoms with E-state index in [9.17, 15) is 8.78 Å². The predicted octanol–water partition coefficient (Wildman–Crippen LogP) is 3.25. The highest BCUT2D eigenvalue weighted by Gasteiger charge is 2.21. The Kier molecular flexibility index (Phi) is 4.53. The van der Waals surface area contributed by atoms with Crippen molar-refractivity contribution in [3.63, 3.8) is 0 Å². The van der Waals surface area contributed by atoms with Crippen LogP contribution < -0.4 is 10.5 Å². The standard InChI is InChI=1S/C14H19F2NO/c15-11-6-12(16)8-13(7-11)18-9-14(17)10-4-2-1-3-5-10/h6-8,10,14H,1-5,9,17H2. The van der Waals surface area contributed by atoms with Gasteiger partial charge < -0.3 is 10.5 Å². The van der Waals surface area contributed by atoms with Gasteiger partial charge in [-0.25, -0.2) is 8.78 Å². The Morgan fingerprint density at radius 3 is 2.33 bits per heavy atom. The molecule has 2 N–H and O–H groups in total. The van der Waals surface area contributed by atoms with E-state index in [0.29, 0.717) is 12.5 Å². The highest BCUT2D eigenvalue weighted by molar-refractivity contribution is 5.23. The van der Waals surface area contributed by atoms with Crippen molar-refractivity contribution >= 4 is 0 Å². The van der Waals surface area contributed by atoms with Gasteiger partial charge in [0.2, 0.25) is 0 Å². The van der Waals surface area contributed by atoms with Gasteiger partial charge in [-0.05, 0) is 18.8 Å². The zero-order valence-corrected chi connectivity index (χ0v) is 10.4. The van der Waals surface area contributed by atoms with Crippen LogP contribution in [-0.4, -0.2) is 12.6 Å². The van der Waals surface area contributed by atoms with Crippen LogP contribution in [0.5, 0.6) is 5.75 Å². The highest BCUT2D eigenvalue weighted by Crippen LogP contribution is 2.26. The molecule has 0 aliphatic heterocycles. The summed E-state index contributed by atoms with van der Waals surface area (Å²) in [6.45, 7) is 0.313. The Morgan fingerprint density at radius 1 is 1.11 bits per heavy atom. The minimum atomic E-state index is -0.628. The van der Waals surface area contributed by atoms with Crippen molar-refractivity contribution in [2.24, 2.45) is 11.7 Å². The molecule has 100 valence electrons. The van der Waals surface area contributed by atoms with Gasteiger partial charge in [-0.3, -0.25) is 0 Å². The fourth-order valence-corrected chi connectivity index (χ4v) is 2.50. The van der Waals surface area contributed by atoms with Crippen LogP contribution in [0, 0.1) is 17.6 Å². The Bertz CT molecular complexity index is 371. The second kappa shape index (κ2) is 6.14. The lowest BCUT2D eigenvalue weighted by molar-refractivity contribution is 0.213. The van der Waals surface area contributed by atoms with Gasteiger partial charge in [0.25, 0.3) is 0 Å². The Hall–Kier alpha value is -1.16. The third kappa shape index (κ3) is 3.67. The first-order valence-electron chi connectivity index (χ1n) is 6.49. The molecule has 1 aromatic carbocycles. The first-order chi connectivity index (χ1) is 8.65. The molecule has 4 heteroatoms. The Balaban J connectivity index is 1.86. The molecule has 0 spiro atoms. The maximum Gasteiger partial charge on any atom is 0.129 e. The molecule has 1 unspecified atom stereocenters. The second-order valence-corrected chi connectivity index (χ2v) is 4.98. The molecular formula is C14H19F2NO. The molecule has 2 rings (SSSR count). The number of ether oxygens (including phenoxy) is 1. The molecule has 1 atom stereocenters. The molecule has 1 aromatic rings. The van der Waals surface area contributed by atoms with Gasteiger partial charge >= 0.3 is 0 Å². The van der Waals surface area contributed by atoms with E-state index in [1.54, 1.807) is 0 Å². The average Bonchev–Trinajstić information content (AvgIpc) is 2.36. The van der Waals surface area contributed by atoms with E-state index in [2.05, 4.69) is 0 Å². The third-order valence-electron chi connectivity index (χ3n) is 3.53. The summed E-state index contributed by atoms with van der Waals surface area (Å²) < 4.78 is 31.3.